The van der Waals surface area contributed by atoms with Gasteiger partial charge in [-0.25, -0.2) is 13.4 Å². The predicted octanol–water partition coefficient (Wildman–Crippen LogP) is 2.14. The Bertz CT molecular complexity index is 1190. The number of aromatic nitrogens is 1. The Morgan fingerprint density at radius 2 is 1.97 bits per heavy atom. The lowest BCUT2D eigenvalue weighted by molar-refractivity contribution is -0.132. The van der Waals surface area contributed by atoms with Gasteiger partial charge < -0.3 is 9.47 Å². The van der Waals surface area contributed by atoms with Gasteiger partial charge in [-0.3, -0.25) is 9.59 Å². The summed E-state index contributed by atoms with van der Waals surface area (Å²) in [5, 5.41) is 6.81. The second kappa shape index (κ2) is 7.47. The molecule has 166 valence electrons. The zero-order chi connectivity index (χ0) is 22.6. The van der Waals surface area contributed by atoms with E-state index >= 15 is 0 Å². The minimum absolute atomic E-state index is 0.0338. The second-order valence-electron chi connectivity index (χ2n) is 9.40. The lowest BCUT2D eigenvalue weighted by Crippen LogP contribution is -2.44. The molecule has 0 radical (unpaired) electrons. The third-order valence-electron chi connectivity index (χ3n) is 6.11. The highest BCUT2D eigenvalue weighted by Crippen LogP contribution is 2.28. The number of rotatable bonds is 3. The molecule has 1 aromatic carbocycles. The molecule has 0 N–H and O–H groups in total. The summed E-state index contributed by atoms with van der Waals surface area (Å²) in [5.41, 5.74) is 1.92. The van der Waals surface area contributed by atoms with E-state index in [-0.39, 0.29) is 41.3 Å². The van der Waals surface area contributed by atoms with Gasteiger partial charge in [-0.15, -0.1) is 0 Å². The zero-order valence-electron chi connectivity index (χ0n) is 18.3. The highest BCUT2D eigenvalue weighted by Gasteiger charge is 2.35. The van der Waals surface area contributed by atoms with Gasteiger partial charge >= 0.3 is 0 Å². The van der Waals surface area contributed by atoms with E-state index in [9.17, 15) is 18.0 Å². The smallest absolute Gasteiger partial charge is 0.291 e. The SMILES string of the molecule is CN(C(=O)CN1N=C(C(C)(C)C)Cn2c(cc3ccccc32)C1=O)C1CCS(=O)(=O)C1. The van der Waals surface area contributed by atoms with E-state index < -0.39 is 9.84 Å². The molecule has 1 saturated heterocycles. The summed E-state index contributed by atoms with van der Waals surface area (Å²) in [7, 11) is -1.51. The summed E-state index contributed by atoms with van der Waals surface area (Å²) >= 11 is 0. The van der Waals surface area contributed by atoms with Gasteiger partial charge in [-0.2, -0.15) is 5.10 Å². The van der Waals surface area contributed by atoms with Crippen molar-refractivity contribution in [1.82, 2.24) is 14.5 Å². The van der Waals surface area contributed by atoms with E-state index in [2.05, 4.69) is 5.10 Å². The van der Waals surface area contributed by atoms with Crippen LogP contribution in [0, 0.1) is 5.41 Å². The van der Waals surface area contributed by atoms with Crippen molar-refractivity contribution in [3.63, 3.8) is 0 Å². The molecule has 9 heteroatoms. The summed E-state index contributed by atoms with van der Waals surface area (Å²) in [4.78, 5) is 27.8. The van der Waals surface area contributed by atoms with E-state index in [4.69, 9.17) is 0 Å². The number of hydrogen-bond acceptors (Lipinski definition) is 5. The summed E-state index contributed by atoms with van der Waals surface area (Å²) < 4.78 is 25.6. The van der Waals surface area contributed by atoms with Crippen molar-refractivity contribution in [3.05, 3.63) is 36.0 Å². The van der Waals surface area contributed by atoms with E-state index in [0.717, 1.165) is 16.6 Å². The first kappa shape index (κ1) is 21.5. The third kappa shape index (κ3) is 4.11. The fraction of sp³-hybridized carbons (Fsp3) is 0.500. The van der Waals surface area contributed by atoms with Crippen molar-refractivity contribution in [2.45, 2.75) is 39.8 Å². The van der Waals surface area contributed by atoms with Crippen LogP contribution in [0.2, 0.25) is 0 Å². The van der Waals surface area contributed by atoms with Crippen molar-refractivity contribution < 1.29 is 18.0 Å². The van der Waals surface area contributed by atoms with Gasteiger partial charge in [0.15, 0.2) is 9.84 Å². The van der Waals surface area contributed by atoms with Crippen LogP contribution in [0.25, 0.3) is 10.9 Å². The Labute approximate surface area is 182 Å². The number of sulfone groups is 1. The number of hydrogen-bond donors (Lipinski definition) is 0. The molecule has 0 saturated carbocycles. The van der Waals surface area contributed by atoms with Crippen molar-refractivity contribution in [1.29, 1.82) is 0 Å². The topological polar surface area (TPSA) is 92.1 Å². The first-order valence-electron chi connectivity index (χ1n) is 10.4. The molecular weight excluding hydrogens is 416 g/mol. The molecule has 1 unspecified atom stereocenters. The van der Waals surface area contributed by atoms with Crippen molar-refractivity contribution in [2.75, 3.05) is 25.1 Å². The summed E-state index contributed by atoms with van der Waals surface area (Å²) in [6.07, 6.45) is 0.420. The van der Waals surface area contributed by atoms with E-state index in [1.807, 2.05) is 55.7 Å². The summed E-state index contributed by atoms with van der Waals surface area (Å²) in [6.45, 7) is 6.32. The van der Waals surface area contributed by atoms with E-state index in [0.29, 0.717) is 18.7 Å². The Balaban J connectivity index is 1.67. The van der Waals surface area contributed by atoms with Gasteiger partial charge in [-0.05, 0) is 18.6 Å². The van der Waals surface area contributed by atoms with Crippen molar-refractivity contribution in [2.24, 2.45) is 10.5 Å². The number of hydrazone groups is 1. The molecule has 2 aliphatic rings. The molecule has 0 bridgehead atoms. The van der Waals surface area contributed by atoms with E-state index in [1.54, 1.807) is 7.05 Å². The Hall–Kier alpha value is -2.68. The Kier molecular flexibility index (Phi) is 5.20. The minimum atomic E-state index is -3.11. The molecule has 2 aromatic rings. The van der Waals surface area contributed by atoms with Crippen LogP contribution in [0.3, 0.4) is 0 Å². The van der Waals surface area contributed by atoms with Gasteiger partial charge in [0.05, 0.1) is 23.8 Å². The number of fused-ring (bicyclic) bond motifs is 3. The number of carbonyl (C=O) groups excluding carboxylic acids is 2. The molecule has 2 aliphatic heterocycles. The molecule has 31 heavy (non-hydrogen) atoms. The number of likely N-dealkylation sites (N-methyl/N-ethyl adjacent to an activating group) is 1. The molecule has 3 heterocycles. The lowest BCUT2D eigenvalue weighted by atomic mass is 9.90. The number of carbonyl (C=O) groups is 2. The first-order valence-corrected chi connectivity index (χ1v) is 12.2. The maximum Gasteiger partial charge on any atom is 0.291 e. The summed E-state index contributed by atoms with van der Waals surface area (Å²) in [6, 6.07) is 9.27. The van der Waals surface area contributed by atoms with Crippen LogP contribution in [0.15, 0.2) is 35.4 Å². The minimum Gasteiger partial charge on any atom is -0.340 e. The van der Waals surface area contributed by atoms with Crippen LogP contribution in [0.1, 0.15) is 37.7 Å². The Morgan fingerprint density at radius 1 is 1.26 bits per heavy atom. The molecule has 1 fully saturated rings. The van der Waals surface area contributed by atoms with Gasteiger partial charge in [0.1, 0.15) is 12.2 Å². The highest BCUT2D eigenvalue weighted by atomic mass is 32.2. The predicted molar refractivity (Wildman–Crippen MR) is 120 cm³/mol. The van der Waals surface area contributed by atoms with Crippen LogP contribution < -0.4 is 0 Å². The molecule has 8 nitrogen and oxygen atoms in total. The summed E-state index contributed by atoms with van der Waals surface area (Å²) in [5.74, 6) is -0.605. The van der Waals surface area contributed by atoms with Gasteiger partial charge in [0, 0.05) is 29.4 Å². The first-order chi connectivity index (χ1) is 14.5. The molecule has 1 aromatic heterocycles. The van der Waals surface area contributed by atoms with E-state index in [1.165, 1.54) is 9.91 Å². The molecule has 1 atom stereocenters. The third-order valence-corrected chi connectivity index (χ3v) is 7.86. The number of amides is 2. The average Bonchev–Trinajstić information content (AvgIpc) is 3.20. The molecule has 0 aliphatic carbocycles. The van der Waals surface area contributed by atoms with Crippen LogP contribution in [0.5, 0.6) is 0 Å². The van der Waals surface area contributed by atoms with Crippen molar-refractivity contribution >= 4 is 38.3 Å². The standard InChI is InChI=1S/C22H28N4O4S/c1-22(2,3)19-12-25-17-8-6-5-7-15(17)11-18(25)21(28)26(23-19)13-20(27)24(4)16-9-10-31(29,30)14-16/h5-8,11,16H,9-10,12-14H2,1-4H3. The van der Waals surface area contributed by atoms with Gasteiger partial charge in [0.2, 0.25) is 5.91 Å². The maximum atomic E-state index is 13.4. The highest BCUT2D eigenvalue weighted by molar-refractivity contribution is 7.91. The monoisotopic (exact) mass is 444 g/mol. The molecule has 2 amide bonds. The fourth-order valence-corrected chi connectivity index (χ4v) is 5.86. The molecule has 0 spiro atoms. The lowest BCUT2D eigenvalue weighted by Gasteiger charge is -2.27. The van der Waals surface area contributed by atoms with Crippen LogP contribution in [0.4, 0.5) is 0 Å². The zero-order valence-corrected chi connectivity index (χ0v) is 19.1. The normalized spacial score (nSPS) is 21.0. The average molecular weight is 445 g/mol. The largest absolute Gasteiger partial charge is 0.340 e. The van der Waals surface area contributed by atoms with Crippen molar-refractivity contribution in [3.8, 4) is 0 Å². The fourth-order valence-electron chi connectivity index (χ4n) is 4.08. The van der Waals surface area contributed by atoms with Gasteiger partial charge in [0.25, 0.3) is 5.91 Å². The number of benzene rings is 1. The second-order valence-corrected chi connectivity index (χ2v) is 11.6. The quantitative estimate of drug-likeness (QED) is 0.725. The maximum absolute atomic E-state index is 13.4. The Morgan fingerprint density at radius 3 is 2.61 bits per heavy atom. The van der Waals surface area contributed by atoms with Crippen LogP contribution in [-0.4, -0.2) is 71.6 Å². The van der Waals surface area contributed by atoms with Crippen LogP contribution in [-0.2, 0) is 21.2 Å². The number of para-hydroxylation sites is 1. The number of nitrogens with zero attached hydrogens (tertiary/aromatic N) is 4. The van der Waals surface area contributed by atoms with Crippen LogP contribution >= 0.6 is 0 Å². The molecular formula is C22H28N4O4S. The van der Waals surface area contributed by atoms with Gasteiger partial charge in [-0.1, -0.05) is 39.0 Å². The molecule has 4 rings (SSSR count).